The molecule has 1 aromatic carbocycles. The Labute approximate surface area is 157 Å². The maximum absolute atomic E-state index is 12.6. The number of hydrogen-bond acceptors (Lipinski definition) is 6. The number of carbonyl (C=O) groups is 3. The molecule has 0 saturated carbocycles. The Morgan fingerprint density at radius 1 is 1.15 bits per heavy atom. The standard InChI is InChI=1S/C21H20O6/c1-3-25-19(22)12-26-15-9-13(2)16-11-17(21(24)27-18(16)10-15)20(23)14-7-5-4-6-8-14/h4-11,13,16H,3,12H2,1-2H3. The van der Waals surface area contributed by atoms with Crippen molar-refractivity contribution >= 4 is 17.7 Å². The molecule has 0 radical (unpaired) electrons. The fourth-order valence-electron chi connectivity index (χ4n) is 3.00. The summed E-state index contributed by atoms with van der Waals surface area (Å²) in [4.78, 5) is 36.4. The number of benzene rings is 1. The van der Waals surface area contributed by atoms with Gasteiger partial charge in [0.1, 0.15) is 17.1 Å². The van der Waals surface area contributed by atoms with Gasteiger partial charge in [-0.1, -0.05) is 43.3 Å². The molecular weight excluding hydrogens is 348 g/mol. The van der Waals surface area contributed by atoms with Crippen LogP contribution in [-0.4, -0.2) is 30.9 Å². The molecule has 0 N–H and O–H groups in total. The summed E-state index contributed by atoms with van der Waals surface area (Å²) in [6.07, 6.45) is 5.05. The SMILES string of the molecule is CCOC(=O)COC1=CC(C)C2C=C(C(=O)c3ccccc3)C(=O)OC2=C1. The molecule has 0 bridgehead atoms. The predicted molar refractivity (Wildman–Crippen MR) is 96.4 cm³/mol. The molecular formula is C21H20O6. The number of esters is 2. The fourth-order valence-corrected chi connectivity index (χ4v) is 3.00. The Kier molecular flexibility index (Phi) is 5.54. The van der Waals surface area contributed by atoms with Gasteiger partial charge in [-0.25, -0.2) is 9.59 Å². The molecule has 6 nitrogen and oxygen atoms in total. The summed E-state index contributed by atoms with van der Waals surface area (Å²) in [5.74, 6) is -1.01. The van der Waals surface area contributed by atoms with E-state index >= 15 is 0 Å². The average Bonchev–Trinajstić information content (AvgIpc) is 2.66. The number of fused-ring (bicyclic) bond motifs is 1. The van der Waals surface area contributed by atoms with Gasteiger partial charge in [0.25, 0.3) is 0 Å². The third-order valence-corrected chi connectivity index (χ3v) is 4.33. The molecule has 140 valence electrons. The van der Waals surface area contributed by atoms with E-state index in [0.717, 1.165) is 0 Å². The second-order valence-electron chi connectivity index (χ2n) is 6.26. The third-order valence-electron chi connectivity index (χ3n) is 4.33. The first kappa shape index (κ1) is 18.6. The molecule has 27 heavy (non-hydrogen) atoms. The number of rotatable bonds is 6. The van der Waals surface area contributed by atoms with Gasteiger partial charge in [-0.15, -0.1) is 0 Å². The van der Waals surface area contributed by atoms with Crippen molar-refractivity contribution in [1.29, 1.82) is 0 Å². The second kappa shape index (κ2) is 8.03. The smallest absolute Gasteiger partial charge is 0.346 e. The zero-order valence-corrected chi connectivity index (χ0v) is 15.1. The van der Waals surface area contributed by atoms with Gasteiger partial charge in [0.2, 0.25) is 0 Å². The first-order valence-corrected chi connectivity index (χ1v) is 8.75. The number of ketones is 1. The fraction of sp³-hybridized carbons (Fsp3) is 0.286. The Balaban J connectivity index is 1.77. The molecule has 0 amide bonds. The monoisotopic (exact) mass is 368 g/mol. The van der Waals surface area contributed by atoms with Crippen LogP contribution in [0.1, 0.15) is 24.2 Å². The Bertz CT molecular complexity index is 847. The number of hydrogen-bond donors (Lipinski definition) is 0. The second-order valence-corrected chi connectivity index (χ2v) is 6.26. The first-order valence-electron chi connectivity index (χ1n) is 8.75. The van der Waals surface area contributed by atoms with Gasteiger partial charge in [0, 0.05) is 17.6 Å². The summed E-state index contributed by atoms with van der Waals surface area (Å²) < 4.78 is 15.6. The van der Waals surface area contributed by atoms with E-state index in [0.29, 0.717) is 17.1 Å². The van der Waals surface area contributed by atoms with Crippen LogP contribution in [0.15, 0.2) is 65.7 Å². The van der Waals surface area contributed by atoms with Crippen LogP contribution >= 0.6 is 0 Å². The summed E-state index contributed by atoms with van der Waals surface area (Å²) >= 11 is 0. The van der Waals surface area contributed by atoms with Crippen LogP contribution in [-0.2, 0) is 23.8 Å². The number of ether oxygens (including phenoxy) is 3. The van der Waals surface area contributed by atoms with Crippen LogP contribution in [0.2, 0.25) is 0 Å². The Morgan fingerprint density at radius 3 is 2.59 bits per heavy atom. The van der Waals surface area contributed by atoms with Crippen molar-refractivity contribution in [2.24, 2.45) is 11.8 Å². The van der Waals surface area contributed by atoms with Crippen molar-refractivity contribution in [3.63, 3.8) is 0 Å². The van der Waals surface area contributed by atoms with Crippen LogP contribution in [0.3, 0.4) is 0 Å². The van der Waals surface area contributed by atoms with E-state index in [1.54, 1.807) is 49.4 Å². The highest BCUT2D eigenvalue weighted by Crippen LogP contribution is 2.36. The van der Waals surface area contributed by atoms with Gasteiger partial charge < -0.3 is 14.2 Å². The van der Waals surface area contributed by atoms with E-state index in [2.05, 4.69) is 0 Å². The lowest BCUT2D eigenvalue weighted by atomic mass is 9.83. The van der Waals surface area contributed by atoms with Crippen molar-refractivity contribution in [3.05, 3.63) is 71.2 Å². The molecule has 0 saturated heterocycles. The van der Waals surface area contributed by atoms with Crippen LogP contribution in [0.4, 0.5) is 0 Å². The van der Waals surface area contributed by atoms with Crippen molar-refractivity contribution in [3.8, 4) is 0 Å². The normalized spacial score (nSPS) is 21.1. The minimum absolute atomic E-state index is 0.0273. The highest BCUT2D eigenvalue weighted by Gasteiger charge is 2.35. The largest absolute Gasteiger partial charge is 0.482 e. The van der Waals surface area contributed by atoms with E-state index in [4.69, 9.17) is 14.2 Å². The topological polar surface area (TPSA) is 78.9 Å². The highest BCUT2D eigenvalue weighted by atomic mass is 16.6. The lowest BCUT2D eigenvalue weighted by Crippen LogP contribution is -2.29. The van der Waals surface area contributed by atoms with Gasteiger partial charge >= 0.3 is 11.9 Å². The Hall–Kier alpha value is -3.15. The van der Waals surface area contributed by atoms with E-state index in [9.17, 15) is 14.4 Å². The molecule has 0 fully saturated rings. The summed E-state index contributed by atoms with van der Waals surface area (Å²) in [6.45, 7) is 3.70. The summed E-state index contributed by atoms with van der Waals surface area (Å²) in [5, 5.41) is 0. The van der Waals surface area contributed by atoms with E-state index < -0.39 is 11.9 Å². The molecule has 2 aliphatic rings. The quantitative estimate of drug-likeness (QED) is 0.436. The van der Waals surface area contributed by atoms with E-state index in [-0.39, 0.29) is 36.4 Å². The molecule has 2 unspecified atom stereocenters. The van der Waals surface area contributed by atoms with Crippen LogP contribution in [0.25, 0.3) is 0 Å². The van der Waals surface area contributed by atoms with Crippen molar-refractivity contribution in [2.45, 2.75) is 13.8 Å². The van der Waals surface area contributed by atoms with Crippen molar-refractivity contribution in [1.82, 2.24) is 0 Å². The number of Topliss-reactive ketones (excluding diaryl/α,β-unsaturated/α-hetero) is 1. The molecule has 0 spiro atoms. The molecule has 3 rings (SSSR count). The zero-order chi connectivity index (χ0) is 19.4. The van der Waals surface area contributed by atoms with Gasteiger partial charge in [-0.3, -0.25) is 4.79 Å². The van der Waals surface area contributed by atoms with E-state index in [1.165, 1.54) is 0 Å². The molecule has 2 atom stereocenters. The van der Waals surface area contributed by atoms with Crippen molar-refractivity contribution < 1.29 is 28.6 Å². The van der Waals surface area contributed by atoms with Gasteiger partial charge in [-0.2, -0.15) is 0 Å². The van der Waals surface area contributed by atoms with Crippen LogP contribution in [0.5, 0.6) is 0 Å². The lowest BCUT2D eigenvalue weighted by Gasteiger charge is -2.29. The molecule has 1 aromatic rings. The minimum Gasteiger partial charge on any atom is -0.482 e. The number of carbonyl (C=O) groups excluding carboxylic acids is 3. The van der Waals surface area contributed by atoms with Crippen molar-refractivity contribution in [2.75, 3.05) is 13.2 Å². The summed E-state index contributed by atoms with van der Waals surface area (Å²) in [6, 6.07) is 8.61. The summed E-state index contributed by atoms with van der Waals surface area (Å²) in [5.41, 5.74) is 0.463. The molecule has 0 aromatic heterocycles. The van der Waals surface area contributed by atoms with Crippen LogP contribution < -0.4 is 0 Å². The predicted octanol–water partition coefficient (Wildman–Crippen LogP) is 2.97. The lowest BCUT2D eigenvalue weighted by molar-refractivity contribution is -0.147. The summed E-state index contributed by atoms with van der Waals surface area (Å²) in [7, 11) is 0. The molecule has 1 aliphatic carbocycles. The van der Waals surface area contributed by atoms with Crippen LogP contribution in [0, 0.1) is 11.8 Å². The number of allylic oxidation sites excluding steroid dienone is 3. The van der Waals surface area contributed by atoms with Gasteiger partial charge in [-0.05, 0) is 18.9 Å². The zero-order valence-electron chi connectivity index (χ0n) is 15.1. The van der Waals surface area contributed by atoms with E-state index in [1.807, 2.05) is 13.0 Å². The molecule has 1 heterocycles. The molecule has 6 heteroatoms. The Morgan fingerprint density at radius 2 is 1.89 bits per heavy atom. The highest BCUT2D eigenvalue weighted by molar-refractivity contribution is 6.24. The minimum atomic E-state index is -0.690. The first-order chi connectivity index (χ1) is 13.0. The third kappa shape index (κ3) is 4.16. The maximum atomic E-state index is 12.6. The maximum Gasteiger partial charge on any atom is 0.346 e. The average molecular weight is 368 g/mol. The van der Waals surface area contributed by atoms with Gasteiger partial charge in [0.15, 0.2) is 12.4 Å². The van der Waals surface area contributed by atoms with Gasteiger partial charge in [0.05, 0.1) is 6.61 Å². The molecule has 1 aliphatic heterocycles.